The van der Waals surface area contributed by atoms with Gasteiger partial charge in [0.15, 0.2) is 0 Å². The molecule has 118 valence electrons. The highest BCUT2D eigenvalue weighted by Gasteiger charge is 2.12. The Morgan fingerprint density at radius 1 is 1.43 bits per heavy atom. The summed E-state index contributed by atoms with van der Waals surface area (Å²) in [7, 11) is -3.81. The molecule has 6 nitrogen and oxygen atoms in total. The second-order valence-electron chi connectivity index (χ2n) is 4.29. The van der Waals surface area contributed by atoms with Crippen molar-refractivity contribution in [2.24, 2.45) is 5.14 Å². The minimum absolute atomic E-state index is 0.0271. The second kappa shape index (κ2) is 7.43. The fourth-order valence-electron chi connectivity index (χ4n) is 1.61. The predicted molar refractivity (Wildman–Crippen MR) is 72.6 cm³/mol. The molecule has 1 amide bonds. The average molecular weight is 322 g/mol. The zero-order valence-electron chi connectivity index (χ0n) is 11.3. The van der Waals surface area contributed by atoms with Crippen LogP contribution < -0.4 is 10.5 Å². The van der Waals surface area contributed by atoms with Gasteiger partial charge in [-0.25, -0.2) is 22.3 Å². The Morgan fingerprint density at radius 3 is 2.62 bits per heavy atom. The third-order valence-electron chi connectivity index (χ3n) is 2.48. The van der Waals surface area contributed by atoms with Crippen LogP contribution in [0.2, 0.25) is 0 Å². The normalized spacial score (nSPS) is 11.7. The van der Waals surface area contributed by atoms with Gasteiger partial charge in [-0.2, -0.15) is 0 Å². The maximum absolute atomic E-state index is 11.8. The number of sulfonamides is 1. The summed E-state index contributed by atoms with van der Waals surface area (Å²) in [6, 6.07) is 4.13. The minimum atomic E-state index is -3.81. The molecule has 9 heteroatoms. The molecule has 0 saturated heterocycles. The number of nitrogens with one attached hydrogen (secondary N) is 1. The first-order valence-electron chi connectivity index (χ1n) is 5.99. The molecule has 0 fully saturated rings. The van der Waals surface area contributed by atoms with E-state index in [2.05, 4.69) is 10.1 Å². The maximum Gasteiger partial charge on any atom is 0.261 e. The van der Waals surface area contributed by atoms with Crippen LogP contribution in [-0.2, 0) is 19.6 Å². The van der Waals surface area contributed by atoms with E-state index in [4.69, 9.17) is 5.14 Å². The molecular formula is C12H16F2N2O4S. The fourth-order valence-corrected chi connectivity index (χ4v) is 2.37. The number of ether oxygens (including phenoxy) is 1. The molecule has 0 aromatic heterocycles. The van der Waals surface area contributed by atoms with Crippen LogP contribution in [0.5, 0.6) is 0 Å². The lowest BCUT2D eigenvalue weighted by Crippen LogP contribution is -2.17. The van der Waals surface area contributed by atoms with Crippen molar-refractivity contribution in [1.29, 1.82) is 0 Å². The zero-order chi connectivity index (χ0) is 16.0. The van der Waals surface area contributed by atoms with Crippen LogP contribution in [0, 0.1) is 6.92 Å². The van der Waals surface area contributed by atoms with Gasteiger partial charge in [-0.1, -0.05) is 0 Å². The van der Waals surface area contributed by atoms with Crippen molar-refractivity contribution in [1.82, 2.24) is 0 Å². The number of amides is 1. The molecule has 0 bridgehead atoms. The van der Waals surface area contributed by atoms with E-state index in [1.54, 1.807) is 6.92 Å². The summed E-state index contributed by atoms with van der Waals surface area (Å²) in [6.45, 7) is 0.709. The van der Waals surface area contributed by atoms with Gasteiger partial charge in [-0.15, -0.1) is 0 Å². The maximum atomic E-state index is 11.8. The van der Waals surface area contributed by atoms with Gasteiger partial charge in [0, 0.05) is 5.69 Å². The Kier molecular flexibility index (Phi) is 6.19. The number of aryl methyl sites for hydroxylation is 1. The number of carbonyl (C=O) groups excluding carboxylic acids is 1. The quantitative estimate of drug-likeness (QED) is 0.738. The Labute approximate surface area is 121 Å². The molecule has 1 aromatic carbocycles. The molecule has 1 rings (SSSR count). The molecular weight excluding hydrogens is 306 g/mol. The summed E-state index contributed by atoms with van der Waals surface area (Å²) < 4.78 is 50.6. The fraction of sp³-hybridized carbons (Fsp3) is 0.417. The molecule has 0 aliphatic rings. The summed E-state index contributed by atoms with van der Waals surface area (Å²) in [6.07, 6.45) is -2.65. The van der Waals surface area contributed by atoms with E-state index < -0.39 is 29.0 Å². The lowest BCUT2D eigenvalue weighted by Gasteiger charge is -2.09. The summed E-state index contributed by atoms with van der Waals surface area (Å²) >= 11 is 0. The van der Waals surface area contributed by atoms with Crippen LogP contribution in [0.4, 0.5) is 14.5 Å². The molecule has 0 heterocycles. The summed E-state index contributed by atoms with van der Waals surface area (Å²) in [4.78, 5) is 11.5. The van der Waals surface area contributed by atoms with Crippen LogP contribution in [0.1, 0.15) is 12.0 Å². The van der Waals surface area contributed by atoms with Crippen LogP contribution >= 0.6 is 0 Å². The lowest BCUT2D eigenvalue weighted by molar-refractivity contribution is -0.117. The number of anilines is 1. The first-order valence-corrected chi connectivity index (χ1v) is 7.54. The van der Waals surface area contributed by atoms with Gasteiger partial charge in [0.2, 0.25) is 15.9 Å². The van der Waals surface area contributed by atoms with Gasteiger partial charge in [0.25, 0.3) is 6.43 Å². The molecule has 0 atom stereocenters. The van der Waals surface area contributed by atoms with E-state index in [9.17, 15) is 22.0 Å². The third-order valence-corrected chi connectivity index (χ3v) is 3.55. The molecule has 0 aliphatic heterocycles. The Morgan fingerprint density at radius 2 is 2.10 bits per heavy atom. The number of nitrogens with two attached hydrogens (primary N) is 1. The van der Waals surface area contributed by atoms with Gasteiger partial charge in [-0.3, -0.25) is 4.79 Å². The van der Waals surface area contributed by atoms with Gasteiger partial charge in [0.1, 0.15) is 6.61 Å². The number of alkyl halides is 2. The average Bonchev–Trinajstić information content (AvgIpc) is 2.33. The molecule has 0 radical (unpaired) electrons. The van der Waals surface area contributed by atoms with E-state index in [1.807, 2.05) is 0 Å². The number of benzene rings is 1. The molecule has 0 unspecified atom stereocenters. The van der Waals surface area contributed by atoms with Gasteiger partial charge in [-0.05, 0) is 30.7 Å². The second-order valence-corrected chi connectivity index (χ2v) is 5.82. The largest absolute Gasteiger partial charge is 0.375 e. The SMILES string of the molecule is Cc1cc(NC(=O)CCOCC(F)F)ccc1S(N)(=O)=O. The molecule has 1 aromatic rings. The van der Waals surface area contributed by atoms with E-state index in [-0.39, 0.29) is 17.9 Å². The summed E-state index contributed by atoms with van der Waals surface area (Å²) in [5, 5.41) is 7.53. The third kappa shape index (κ3) is 6.15. The van der Waals surface area contributed by atoms with Gasteiger partial charge in [0.05, 0.1) is 17.9 Å². The van der Waals surface area contributed by atoms with Crippen LogP contribution in [0.3, 0.4) is 0 Å². The van der Waals surface area contributed by atoms with E-state index in [0.717, 1.165) is 0 Å². The van der Waals surface area contributed by atoms with Crippen LogP contribution in [-0.4, -0.2) is 34.0 Å². The van der Waals surface area contributed by atoms with Crippen LogP contribution in [0.15, 0.2) is 23.1 Å². The number of halogens is 2. The van der Waals surface area contributed by atoms with Crippen molar-refractivity contribution in [2.75, 3.05) is 18.5 Å². The zero-order valence-corrected chi connectivity index (χ0v) is 12.1. The van der Waals surface area contributed by atoms with Crippen LogP contribution in [0.25, 0.3) is 0 Å². The Bertz CT molecular complexity index is 605. The van der Waals surface area contributed by atoms with Crippen molar-refractivity contribution in [3.8, 4) is 0 Å². The molecule has 0 spiro atoms. The van der Waals surface area contributed by atoms with E-state index in [1.165, 1.54) is 18.2 Å². The minimum Gasteiger partial charge on any atom is -0.375 e. The summed E-state index contributed by atoms with van der Waals surface area (Å²) in [5.74, 6) is -0.424. The highest BCUT2D eigenvalue weighted by atomic mass is 32.2. The predicted octanol–water partition coefficient (Wildman–Crippen LogP) is 1.25. The van der Waals surface area contributed by atoms with Crippen molar-refractivity contribution in [2.45, 2.75) is 24.7 Å². The van der Waals surface area contributed by atoms with Gasteiger partial charge < -0.3 is 10.1 Å². The number of hydrogen-bond donors (Lipinski definition) is 2. The Hall–Kier alpha value is -1.58. The Balaban J connectivity index is 2.56. The van der Waals surface area contributed by atoms with Crippen molar-refractivity contribution in [3.63, 3.8) is 0 Å². The monoisotopic (exact) mass is 322 g/mol. The molecule has 0 saturated carbocycles. The van der Waals surface area contributed by atoms with Crippen molar-refractivity contribution < 1.29 is 26.7 Å². The van der Waals surface area contributed by atoms with Gasteiger partial charge >= 0.3 is 0 Å². The summed E-state index contributed by atoms with van der Waals surface area (Å²) in [5.41, 5.74) is 0.781. The standard InChI is InChI=1S/C12H16F2N2O4S/c1-8-6-9(2-3-10(8)21(15,18)19)16-12(17)4-5-20-7-11(13)14/h2-3,6,11H,4-5,7H2,1H3,(H,16,17)(H2,15,18,19). The topological polar surface area (TPSA) is 98.5 Å². The first-order chi connectivity index (χ1) is 9.70. The number of hydrogen-bond acceptors (Lipinski definition) is 4. The van der Waals surface area contributed by atoms with Crippen molar-refractivity contribution in [3.05, 3.63) is 23.8 Å². The highest BCUT2D eigenvalue weighted by Crippen LogP contribution is 2.18. The highest BCUT2D eigenvalue weighted by molar-refractivity contribution is 7.89. The smallest absolute Gasteiger partial charge is 0.261 e. The molecule has 3 N–H and O–H groups in total. The van der Waals surface area contributed by atoms with E-state index in [0.29, 0.717) is 11.3 Å². The lowest BCUT2D eigenvalue weighted by atomic mass is 10.2. The molecule has 21 heavy (non-hydrogen) atoms. The number of carbonyl (C=O) groups is 1. The molecule has 0 aliphatic carbocycles. The number of primary sulfonamides is 1. The number of rotatable bonds is 7. The van der Waals surface area contributed by atoms with E-state index >= 15 is 0 Å². The van der Waals surface area contributed by atoms with Crippen molar-refractivity contribution >= 4 is 21.6 Å². The first kappa shape index (κ1) is 17.5.